The second-order valence-corrected chi connectivity index (χ2v) is 9.38. The van der Waals surface area contributed by atoms with E-state index in [1.165, 1.54) is 34.2 Å². The summed E-state index contributed by atoms with van der Waals surface area (Å²) in [4.78, 5) is 17.2. The number of carbonyl (C=O) groups excluding carboxylic acids is 1. The molecule has 0 bridgehead atoms. The van der Waals surface area contributed by atoms with E-state index in [2.05, 4.69) is 53.1 Å². The van der Waals surface area contributed by atoms with E-state index >= 15 is 0 Å². The number of amides is 1. The number of thioether (sulfide) groups is 1. The highest BCUT2D eigenvalue weighted by Gasteiger charge is 2.18. The van der Waals surface area contributed by atoms with Gasteiger partial charge in [0.15, 0.2) is 16.1 Å². The molecule has 0 fully saturated rings. The standard InChI is InChI=1S/C25H25N5O2S2/c1-5-12-30-23(19-8-6-7-9-21(19)32-4)28-29-25(30)34-15-22(31)27-24-26-20(14-33-24)18-11-10-16(2)17(3)13-18/h5-11,13-14H,1,12,15H2,2-4H3,(H,26,27,31). The first-order valence-corrected chi connectivity index (χ1v) is 12.5. The molecular formula is C25H25N5O2S2. The van der Waals surface area contributed by atoms with Crippen molar-refractivity contribution in [1.82, 2.24) is 19.7 Å². The minimum Gasteiger partial charge on any atom is -0.496 e. The Morgan fingerprint density at radius 1 is 1.21 bits per heavy atom. The van der Waals surface area contributed by atoms with Crippen LogP contribution in [0.3, 0.4) is 0 Å². The van der Waals surface area contributed by atoms with Crippen LogP contribution in [-0.2, 0) is 11.3 Å². The molecule has 0 spiro atoms. The van der Waals surface area contributed by atoms with Crippen LogP contribution in [0.4, 0.5) is 5.13 Å². The van der Waals surface area contributed by atoms with Crippen LogP contribution in [0.1, 0.15) is 11.1 Å². The molecular weight excluding hydrogens is 466 g/mol. The lowest BCUT2D eigenvalue weighted by Gasteiger charge is -2.10. The maximum Gasteiger partial charge on any atom is 0.236 e. The number of thiazole rings is 1. The van der Waals surface area contributed by atoms with Gasteiger partial charge in [-0.1, -0.05) is 42.1 Å². The highest BCUT2D eigenvalue weighted by molar-refractivity contribution is 7.99. The van der Waals surface area contributed by atoms with Crippen LogP contribution in [0.25, 0.3) is 22.6 Å². The normalized spacial score (nSPS) is 10.8. The van der Waals surface area contributed by atoms with Crippen molar-refractivity contribution in [2.45, 2.75) is 25.5 Å². The van der Waals surface area contributed by atoms with Crippen molar-refractivity contribution in [2.24, 2.45) is 0 Å². The van der Waals surface area contributed by atoms with Crippen LogP contribution in [0, 0.1) is 13.8 Å². The minimum absolute atomic E-state index is 0.155. The molecule has 34 heavy (non-hydrogen) atoms. The highest BCUT2D eigenvalue weighted by Crippen LogP contribution is 2.31. The second-order valence-electron chi connectivity index (χ2n) is 7.58. The molecule has 0 aliphatic rings. The molecule has 0 saturated carbocycles. The summed E-state index contributed by atoms with van der Waals surface area (Å²) in [5.74, 6) is 1.40. The number of allylic oxidation sites excluding steroid dienone is 1. The number of aromatic nitrogens is 4. The fraction of sp³-hybridized carbons (Fsp3) is 0.200. The summed E-state index contributed by atoms with van der Waals surface area (Å²) < 4.78 is 7.39. The van der Waals surface area contributed by atoms with Gasteiger partial charge in [-0.3, -0.25) is 9.36 Å². The van der Waals surface area contributed by atoms with Gasteiger partial charge in [0.25, 0.3) is 0 Å². The summed E-state index contributed by atoms with van der Waals surface area (Å²) >= 11 is 2.72. The fourth-order valence-corrected chi connectivity index (χ4v) is 4.85. The number of carbonyl (C=O) groups is 1. The van der Waals surface area contributed by atoms with Crippen molar-refractivity contribution in [3.05, 3.63) is 71.6 Å². The number of methoxy groups -OCH3 is 1. The van der Waals surface area contributed by atoms with Crippen molar-refractivity contribution in [2.75, 3.05) is 18.2 Å². The highest BCUT2D eigenvalue weighted by atomic mass is 32.2. The summed E-state index contributed by atoms with van der Waals surface area (Å²) in [6, 6.07) is 13.9. The summed E-state index contributed by atoms with van der Waals surface area (Å²) in [7, 11) is 1.62. The molecule has 2 aromatic heterocycles. The molecule has 4 aromatic rings. The molecule has 0 radical (unpaired) electrons. The average Bonchev–Trinajstić information content (AvgIpc) is 3.47. The van der Waals surface area contributed by atoms with Gasteiger partial charge in [0.2, 0.25) is 5.91 Å². The molecule has 7 nitrogen and oxygen atoms in total. The third-order valence-electron chi connectivity index (χ3n) is 5.26. The molecule has 0 saturated heterocycles. The van der Waals surface area contributed by atoms with Gasteiger partial charge < -0.3 is 10.1 Å². The molecule has 0 unspecified atom stereocenters. The molecule has 174 valence electrons. The SMILES string of the molecule is C=CCn1c(SCC(=O)Nc2nc(-c3ccc(C)c(C)c3)cs2)nnc1-c1ccccc1OC. The van der Waals surface area contributed by atoms with E-state index in [4.69, 9.17) is 4.74 Å². The third kappa shape index (κ3) is 5.21. The number of anilines is 1. The summed E-state index contributed by atoms with van der Waals surface area (Å²) in [5, 5.41) is 14.7. The topological polar surface area (TPSA) is 81.9 Å². The van der Waals surface area contributed by atoms with Crippen molar-refractivity contribution < 1.29 is 9.53 Å². The lowest BCUT2D eigenvalue weighted by molar-refractivity contribution is -0.113. The van der Waals surface area contributed by atoms with Gasteiger partial charge in [-0.05, 0) is 43.2 Å². The first-order chi connectivity index (χ1) is 16.5. The van der Waals surface area contributed by atoms with Crippen LogP contribution in [0.5, 0.6) is 5.75 Å². The molecule has 1 amide bonds. The van der Waals surface area contributed by atoms with Gasteiger partial charge in [0.1, 0.15) is 5.75 Å². The quantitative estimate of drug-likeness (QED) is 0.242. The van der Waals surface area contributed by atoms with Crippen molar-refractivity contribution in [1.29, 1.82) is 0 Å². The monoisotopic (exact) mass is 491 g/mol. The number of para-hydroxylation sites is 1. The van der Waals surface area contributed by atoms with Crippen LogP contribution < -0.4 is 10.1 Å². The smallest absolute Gasteiger partial charge is 0.236 e. The van der Waals surface area contributed by atoms with Gasteiger partial charge in [-0.2, -0.15) is 0 Å². The Balaban J connectivity index is 1.44. The number of nitrogens with one attached hydrogen (secondary N) is 1. The fourth-order valence-electron chi connectivity index (χ4n) is 3.37. The van der Waals surface area contributed by atoms with E-state index < -0.39 is 0 Å². The average molecular weight is 492 g/mol. The largest absolute Gasteiger partial charge is 0.496 e. The summed E-state index contributed by atoms with van der Waals surface area (Å²) in [5.41, 5.74) is 5.17. The Morgan fingerprint density at radius 3 is 2.79 bits per heavy atom. The van der Waals surface area contributed by atoms with Gasteiger partial charge in [0.05, 0.1) is 24.1 Å². The lowest BCUT2D eigenvalue weighted by Crippen LogP contribution is -2.14. The van der Waals surface area contributed by atoms with E-state index in [0.29, 0.717) is 28.4 Å². The van der Waals surface area contributed by atoms with E-state index in [0.717, 1.165) is 16.8 Å². The Morgan fingerprint density at radius 2 is 2.03 bits per heavy atom. The van der Waals surface area contributed by atoms with E-state index in [1.807, 2.05) is 40.3 Å². The molecule has 2 aromatic carbocycles. The van der Waals surface area contributed by atoms with Crippen LogP contribution in [0.2, 0.25) is 0 Å². The Hall–Kier alpha value is -3.43. The zero-order chi connectivity index (χ0) is 24.1. The van der Waals surface area contributed by atoms with Gasteiger partial charge in [0, 0.05) is 17.5 Å². The molecule has 9 heteroatoms. The maximum atomic E-state index is 12.6. The summed E-state index contributed by atoms with van der Waals surface area (Å²) in [6.07, 6.45) is 1.77. The van der Waals surface area contributed by atoms with Crippen LogP contribution in [-0.4, -0.2) is 38.5 Å². The molecule has 0 aliphatic heterocycles. The zero-order valence-electron chi connectivity index (χ0n) is 19.2. The Labute approximate surface area is 206 Å². The summed E-state index contributed by atoms with van der Waals surface area (Å²) in [6.45, 7) is 8.51. The number of benzene rings is 2. The second kappa shape index (κ2) is 10.7. The van der Waals surface area contributed by atoms with Crippen molar-refractivity contribution in [3.8, 4) is 28.4 Å². The van der Waals surface area contributed by atoms with E-state index in [-0.39, 0.29) is 11.7 Å². The van der Waals surface area contributed by atoms with E-state index in [9.17, 15) is 4.79 Å². The van der Waals surface area contributed by atoms with Crippen LogP contribution >= 0.6 is 23.1 Å². The maximum absolute atomic E-state index is 12.6. The first-order valence-electron chi connectivity index (χ1n) is 10.6. The number of rotatable bonds is 9. The molecule has 0 aliphatic carbocycles. The van der Waals surface area contributed by atoms with Gasteiger partial charge in [-0.15, -0.1) is 28.1 Å². The lowest BCUT2D eigenvalue weighted by atomic mass is 10.1. The number of hydrogen-bond donors (Lipinski definition) is 1. The predicted octanol–water partition coefficient (Wildman–Crippen LogP) is 5.61. The third-order valence-corrected chi connectivity index (χ3v) is 6.99. The molecule has 0 atom stereocenters. The molecule has 1 N–H and O–H groups in total. The predicted molar refractivity (Wildman–Crippen MR) is 139 cm³/mol. The number of hydrogen-bond acceptors (Lipinski definition) is 7. The number of ether oxygens (including phenoxy) is 1. The van der Waals surface area contributed by atoms with Crippen LogP contribution in [0.15, 0.2) is 65.7 Å². The number of aryl methyl sites for hydroxylation is 2. The van der Waals surface area contributed by atoms with Gasteiger partial charge >= 0.3 is 0 Å². The van der Waals surface area contributed by atoms with Crippen molar-refractivity contribution >= 4 is 34.1 Å². The first kappa shape index (κ1) is 23.7. The Bertz CT molecular complexity index is 1330. The Kier molecular flexibility index (Phi) is 7.44. The van der Waals surface area contributed by atoms with Gasteiger partial charge in [-0.25, -0.2) is 4.98 Å². The zero-order valence-corrected chi connectivity index (χ0v) is 20.9. The molecule has 4 rings (SSSR count). The molecule has 2 heterocycles. The number of nitrogens with zero attached hydrogens (tertiary/aromatic N) is 4. The minimum atomic E-state index is -0.155. The van der Waals surface area contributed by atoms with Crippen molar-refractivity contribution in [3.63, 3.8) is 0 Å². The van der Waals surface area contributed by atoms with E-state index in [1.54, 1.807) is 13.2 Å².